The van der Waals surface area contributed by atoms with Crippen molar-refractivity contribution in [3.8, 4) is 0 Å². The van der Waals surface area contributed by atoms with E-state index in [0.717, 1.165) is 31.2 Å². The maximum atomic E-state index is 12.5. The molecule has 6 heteroatoms. The van der Waals surface area contributed by atoms with E-state index in [2.05, 4.69) is 12.2 Å². The van der Waals surface area contributed by atoms with Gasteiger partial charge in [0.1, 0.15) is 0 Å². The molecule has 23 heavy (non-hydrogen) atoms. The Kier molecular flexibility index (Phi) is 5.60. The SMILES string of the molecule is CCCC1(CO)CCCN1C(=O)NCc1ccc(C(=O)O)cc1. The number of rotatable bonds is 6. The van der Waals surface area contributed by atoms with Gasteiger partial charge in [-0.25, -0.2) is 9.59 Å². The molecule has 0 saturated carbocycles. The molecule has 1 fully saturated rings. The second-order valence-electron chi connectivity index (χ2n) is 6.05. The topological polar surface area (TPSA) is 89.9 Å². The van der Waals surface area contributed by atoms with Crippen LogP contribution < -0.4 is 5.32 Å². The number of aliphatic hydroxyl groups is 1. The molecule has 0 bridgehead atoms. The molecule has 1 aromatic carbocycles. The molecule has 3 N–H and O–H groups in total. The predicted molar refractivity (Wildman–Crippen MR) is 86.3 cm³/mol. The Balaban J connectivity index is 1.97. The summed E-state index contributed by atoms with van der Waals surface area (Å²) >= 11 is 0. The van der Waals surface area contributed by atoms with Gasteiger partial charge < -0.3 is 20.4 Å². The number of aromatic carboxylic acids is 1. The number of carbonyl (C=O) groups is 2. The highest BCUT2D eigenvalue weighted by molar-refractivity contribution is 5.87. The Labute approximate surface area is 136 Å². The standard InChI is InChI=1S/C17H24N2O4/c1-2-8-17(12-20)9-3-10-19(17)16(23)18-11-13-4-6-14(7-5-13)15(21)22/h4-7,20H,2-3,8-12H2,1H3,(H,18,23)(H,21,22). The van der Waals surface area contributed by atoms with Crippen LogP contribution in [0.5, 0.6) is 0 Å². The van der Waals surface area contributed by atoms with Gasteiger partial charge in [0.15, 0.2) is 0 Å². The molecule has 2 rings (SSSR count). The number of benzene rings is 1. The minimum Gasteiger partial charge on any atom is -0.478 e. The van der Waals surface area contributed by atoms with Crippen molar-refractivity contribution in [3.63, 3.8) is 0 Å². The monoisotopic (exact) mass is 320 g/mol. The lowest BCUT2D eigenvalue weighted by Crippen LogP contribution is -2.53. The fourth-order valence-corrected chi connectivity index (χ4v) is 3.26. The normalized spacial score (nSPS) is 20.5. The minimum absolute atomic E-state index is 0.0123. The summed E-state index contributed by atoms with van der Waals surface area (Å²) in [6.45, 7) is 3.03. The van der Waals surface area contributed by atoms with Crippen LogP contribution >= 0.6 is 0 Å². The van der Waals surface area contributed by atoms with Crippen molar-refractivity contribution in [2.24, 2.45) is 0 Å². The summed E-state index contributed by atoms with van der Waals surface area (Å²) in [5.74, 6) is -0.968. The Bertz CT molecular complexity index is 558. The molecule has 1 heterocycles. The number of aliphatic hydroxyl groups excluding tert-OH is 1. The maximum absolute atomic E-state index is 12.5. The molecular formula is C17H24N2O4. The van der Waals surface area contributed by atoms with Crippen molar-refractivity contribution in [2.75, 3.05) is 13.2 Å². The van der Waals surface area contributed by atoms with Crippen LogP contribution in [0, 0.1) is 0 Å². The average Bonchev–Trinajstić information content (AvgIpc) is 2.97. The first-order valence-corrected chi connectivity index (χ1v) is 8.01. The number of nitrogens with one attached hydrogen (secondary N) is 1. The van der Waals surface area contributed by atoms with E-state index in [1.807, 2.05) is 0 Å². The lowest BCUT2D eigenvalue weighted by atomic mass is 9.92. The Hall–Kier alpha value is -2.08. The molecule has 1 unspecified atom stereocenters. The van der Waals surface area contributed by atoms with Crippen LogP contribution in [0.15, 0.2) is 24.3 Å². The third-order valence-electron chi connectivity index (χ3n) is 4.50. The summed E-state index contributed by atoms with van der Waals surface area (Å²) in [7, 11) is 0. The van der Waals surface area contributed by atoms with Gasteiger partial charge in [-0.2, -0.15) is 0 Å². The number of amides is 2. The molecule has 1 atom stereocenters. The first kappa shape index (κ1) is 17.3. The van der Waals surface area contributed by atoms with Crippen LogP contribution in [0.3, 0.4) is 0 Å². The molecule has 1 aliphatic heterocycles. The van der Waals surface area contributed by atoms with E-state index in [1.54, 1.807) is 17.0 Å². The van der Waals surface area contributed by atoms with Crippen molar-refractivity contribution in [1.82, 2.24) is 10.2 Å². The Morgan fingerprint density at radius 1 is 1.30 bits per heavy atom. The number of nitrogens with zero attached hydrogens (tertiary/aromatic N) is 1. The van der Waals surface area contributed by atoms with E-state index in [1.165, 1.54) is 12.1 Å². The maximum Gasteiger partial charge on any atom is 0.335 e. The van der Waals surface area contributed by atoms with Gasteiger partial charge in [0.2, 0.25) is 0 Å². The summed E-state index contributed by atoms with van der Waals surface area (Å²) in [5, 5.41) is 21.5. The van der Waals surface area contributed by atoms with E-state index in [0.29, 0.717) is 13.1 Å². The molecule has 6 nitrogen and oxygen atoms in total. The lowest BCUT2D eigenvalue weighted by molar-refractivity contribution is 0.0696. The van der Waals surface area contributed by atoms with Crippen LogP contribution in [0.1, 0.15) is 48.5 Å². The predicted octanol–water partition coefficient (Wildman–Crippen LogP) is 2.22. The number of hydrogen-bond acceptors (Lipinski definition) is 3. The van der Waals surface area contributed by atoms with Crippen LogP contribution in [-0.2, 0) is 6.54 Å². The highest BCUT2D eigenvalue weighted by Crippen LogP contribution is 2.33. The quantitative estimate of drug-likeness (QED) is 0.749. The second-order valence-corrected chi connectivity index (χ2v) is 6.05. The minimum atomic E-state index is -0.968. The summed E-state index contributed by atoms with van der Waals surface area (Å²) in [6, 6.07) is 6.26. The van der Waals surface area contributed by atoms with Crippen LogP contribution in [0.2, 0.25) is 0 Å². The molecule has 1 aromatic rings. The van der Waals surface area contributed by atoms with E-state index >= 15 is 0 Å². The van der Waals surface area contributed by atoms with Gasteiger partial charge in [-0.15, -0.1) is 0 Å². The number of likely N-dealkylation sites (tertiary alicyclic amines) is 1. The summed E-state index contributed by atoms with van der Waals surface area (Å²) < 4.78 is 0. The van der Waals surface area contributed by atoms with Crippen molar-refractivity contribution in [1.29, 1.82) is 0 Å². The second kappa shape index (κ2) is 7.46. The number of carbonyl (C=O) groups excluding carboxylic acids is 1. The molecule has 1 saturated heterocycles. The third kappa shape index (κ3) is 3.82. The van der Waals surface area contributed by atoms with Crippen molar-refractivity contribution in [2.45, 2.75) is 44.7 Å². The number of carboxylic acid groups (broad SMARTS) is 1. The summed E-state index contributed by atoms with van der Waals surface area (Å²) in [4.78, 5) is 25.0. The smallest absolute Gasteiger partial charge is 0.335 e. The molecular weight excluding hydrogens is 296 g/mol. The number of hydrogen-bond donors (Lipinski definition) is 3. The first-order valence-electron chi connectivity index (χ1n) is 8.01. The lowest BCUT2D eigenvalue weighted by Gasteiger charge is -2.37. The van der Waals surface area contributed by atoms with Gasteiger partial charge in [-0.3, -0.25) is 0 Å². The highest BCUT2D eigenvalue weighted by Gasteiger charge is 2.42. The van der Waals surface area contributed by atoms with Gasteiger partial charge >= 0.3 is 12.0 Å². The van der Waals surface area contributed by atoms with E-state index in [9.17, 15) is 14.7 Å². The summed E-state index contributed by atoms with van der Waals surface area (Å²) in [6.07, 6.45) is 3.45. The zero-order valence-electron chi connectivity index (χ0n) is 13.4. The first-order chi connectivity index (χ1) is 11.0. The molecule has 126 valence electrons. The van der Waals surface area contributed by atoms with Gasteiger partial charge in [-0.05, 0) is 37.0 Å². The fourth-order valence-electron chi connectivity index (χ4n) is 3.26. The third-order valence-corrected chi connectivity index (χ3v) is 4.50. The fraction of sp³-hybridized carbons (Fsp3) is 0.529. The molecule has 1 aliphatic rings. The zero-order valence-corrected chi connectivity index (χ0v) is 13.4. The van der Waals surface area contributed by atoms with Crippen LogP contribution in [0.4, 0.5) is 4.79 Å². The van der Waals surface area contributed by atoms with Crippen LogP contribution in [-0.4, -0.2) is 45.8 Å². The highest BCUT2D eigenvalue weighted by atomic mass is 16.4. The van der Waals surface area contributed by atoms with E-state index in [4.69, 9.17) is 5.11 Å². The Morgan fingerprint density at radius 3 is 2.57 bits per heavy atom. The largest absolute Gasteiger partial charge is 0.478 e. The molecule has 0 aromatic heterocycles. The summed E-state index contributed by atoms with van der Waals surface area (Å²) in [5.41, 5.74) is 0.626. The molecule has 0 aliphatic carbocycles. The van der Waals surface area contributed by atoms with Crippen molar-refractivity contribution < 1.29 is 19.8 Å². The van der Waals surface area contributed by atoms with Crippen molar-refractivity contribution in [3.05, 3.63) is 35.4 Å². The number of urea groups is 1. The average molecular weight is 320 g/mol. The molecule has 0 spiro atoms. The molecule has 0 radical (unpaired) electrons. The van der Waals surface area contributed by atoms with E-state index in [-0.39, 0.29) is 18.2 Å². The van der Waals surface area contributed by atoms with Gasteiger partial charge in [0, 0.05) is 13.1 Å². The zero-order chi connectivity index (χ0) is 16.9. The van der Waals surface area contributed by atoms with Crippen LogP contribution in [0.25, 0.3) is 0 Å². The number of carboxylic acids is 1. The van der Waals surface area contributed by atoms with E-state index < -0.39 is 11.5 Å². The van der Waals surface area contributed by atoms with Crippen molar-refractivity contribution >= 4 is 12.0 Å². The van der Waals surface area contributed by atoms with Gasteiger partial charge in [0.25, 0.3) is 0 Å². The van der Waals surface area contributed by atoms with Gasteiger partial charge in [0.05, 0.1) is 17.7 Å². The van der Waals surface area contributed by atoms with Gasteiger partial charge in [-0.1, -0.05) is 25.5 Å². The molecule has 2 amide bonds. The Morgan fingerprint density at radius 2 is 2.00 bits per heavy atom.